The molecule has 1 aromatic rings. The van der Waals surface area contributed by atoms with Gasteiger partial charge in [0.1, 0.15) is 18.3 Å². The Morgan fingerprint density at radius 1 is 0.317 bits per heavy atom. The molecule has 0 aliphatic rings. The molecule has 6 heteroatoms. The zero-order valence-electron chi connectivity index (χ0n) is 42.5. The first-order chi connectivity index (χ1) is 30.8. The Morgan fingerprint density at radius 3 is 0.841 bits per heavy atom. The molecule has 1 aromatic carbocycles. The van der Waals surface area contributed by atoms with Gasteiger partial charge in [0, 0.05) is 0 Å². The Bertz CT molecular complexity index is 1230. The van der Waals surface area contributed by atoms with Crippen LogP contribution in [0.5, 0.6) is 0 Å². The van der Waals surface area contributed by atoms with E-state index >= 15 is 0 Å². The lowest BCUT2D eigenvalue weighted by Crippen LogP contribution is -2.24. The summed E-state index contributed by atoms with van der Waals surface area (Å²) in [6, 6.07) is 4.86. The largest absolute Gasteiger partial charge is 0.459 e. The second-order valence-electron chi connectivity index (χ2n) is 19.1. The third-order valence-electron chi connectivity index (χ3n) is 13.0. The van der Waals surface area contributed by atoms with E-state index in [0.717, 1.165) is 116 Å². The number of unbranched alkanes of at least 4 members (excludes halogenated alkanes) is 27. The topological polar surface area (TPSA) is 78.9 Å². The summed E-state index contributed by atoms with van der Waals surface area (Å²) in [5.41, 5.74) is 0.613. The number of carbonyl (C=O) groups is 3. The fourth-order valence-corrected chi connectivity index (χ4v) is 8.84. The average Bonchev–Trinajstić information content (AvgIpc) is 3.28. The molecule has 3 unspecified atom stereocenters. The minimum atomic E-state index is -0.535. The standard InChI is InChI=1S/C57H102O6/c1-7-13-19-25-31-37-41-50(40-34-28-22-16-10-4)61-55(58)49-46-47-53(56(59)62-51(42-35-29-23-17-11-5)44-38-32-26-20-14-8-2)54(48-49)57(60)63-52(43-36-30-24-18-12-6)45-39-33-27-21-15-9-3/h46-48,50-52H,7-45H2,1-6H3. The van der Waals surface area contributed by atoms with Crippen molar-refractivity contribution in [1.82, 2.24) is 0 Å². The molecule has 63 heavy (non-hydrogen) atoms. The van der Waals surface area contributed by atoms with Crippen LogP contribution in [0.25, 0.3) is 0 Å². The zero-order chi connectivity index (χ0) is 46.0. The van der Waals surface area contributed by atoms with Crippen LogP contribution < -0.4 is 0 Å². The van der Waals surface area contributed by atoms with Crippen LogP contribution in [-0.4, -0.2) is 36.2 Å². The summed E-state index contributed by atoms with van der Waals surface area (Å²) in [6.07, 6.45) is 42.9. The lowest BCUT2D eigenvalue weighted by atomic mass is 10.00. The van der Waals surface area contributed by atoms with Gasteiger partial charge in [0.2, 0.25) is 0 Å². The smallest absolute Gasteiger partial charge is 0.339 e. The molecule has 0 N–H and O–H groups in total. The van der Waals surface area contributed by atoms with Crippen LogP contribution in [0.15, 0.2) is 18.2 Å². The Balaban J connectivity index is 3.44. The van der Waals surface area contributed by atoms with Crippen molar-refractivity contribution in [2.24, 2.45) is 0 Å². The molecule has 0 aliphatic carbocycles. The van der Waals surface area contributed by atoms with E-state index in [1.165, 1.54) is 135 Å². The molecule has 0 saturated carbocycles. The van der Waals surface area contributed by atoms with E-state index in [1.54, 1.807) is 18.2 Å². The van der Waals surface area contributed by atoms with E-state index < -0.39 is 17.9 Å². The van der Waals surface area contributed by atoms with Crippen LogP contribution in [0.4, 0.5) is 0 Å². The molecular formula is C57H102O6. The van der Waals surface area contributed by atoms with Crippen molar-refractivity contribution in [3.63, 3.8) is 0 Å². The number of ether oxygens (including phenoxy) is 3. The van der Waals surface area contributed by atoms with Crippen molar-refractivity contribution in [1.29, 1.82) is 0 Å². The van der Waals surface area contributed by atoms with Gasteiger partial charge in [-0.15, -0.1) is 0 Å². The quantitative estimate of drug-likeness (QED) is 0.0369. The molecule has 3 atom stereocenters. The van der Waals surface area contributed by atoms with E-state index in [-0.39, 0.29) is 29.4 Å². The van der Waals surface area contributed by atoms with Crippen molar-refractivity contribution in [3.8, 4) is 0 Å². The van der Waals surface area contributed by atoms with Gasteiger partial charge in [-0.1, -0.05) is 215 Å². The lowest BCUT2D eigenvalue weighted by Gasteiger charge is -2.22. The fraction of sp³-hybridized carbons (Fsp3) is 0.842. The molecule has 0 bridgehead atoms. The molecule has 0 fully saturated rings. The summed E-state index contributed by atoms with van der Waals surface area (Å²) in [7, 11) is 0. The maximum Gasteiger partial charge on any atom is 0.339 e. The van der Waals surface area contributed by atoms with E-state index in [9.17, 15) is 14.4 Å². The summed E-state index contributed by atoms with van der Waals surface area (Å²) in [6.45, 7) is 13.4. The van der Waals surface area contributed by atoms with Crippen LogP contribution in [0.3, 0.4) is 0 Å². The highest BCUT2D eigenvalue weighted by atomic mass is 16.6. The Labute approximate surface area is 390 Å². The summed E-state index contributed by atoms with van der Waals surface area (Å²) < 4.78 is 19.0. The van der Waals surface area contributed by atoms with Crippen LogP contribution in [0.1, 0.15) is 323 Å². The number of hydrogen-bond donors (Lipinski definition) is 0. The minimum absolute atomic E-state index is 0.127. The SMILES string of the molecule is CCCCCCCCC(CCCCCCC)OC(=O)c1ccc(C(=O)OC(CCCCCCC)CCCCCCCC)c(C(=O)OC(CCCCCCC)CCCCCCCC)c1. The van der Waals surface area contributed by atoms with E-state index in [0.29, 0.717) is 5.56 Å². The van der Waals surface area contributed by atoms with Gasteiger partial charge in [-0.05, 0) is 95.2 Å². The fourth-order valence-electron chi connectivity index (χ4n) is 8.84. The van der Waals surface area contributed by atoms with Crippen LogP contribution in [0.2, 0.25) is 0 Å². The molecule has 6 nitrogen and oxygen atoms in total. The minimum Gasteiger partial charge on any atom is -0.459 e. The highest BCUT2D eigenvalue weighted by molar-refractivity contribution is 6.05. The average molecular weight is 883 g/mol. The predicted octanol–water partition coefficient (Wildman–Crippen LogP) is 18.6. The van der Waals surface area contributed by atoms with Crippen molar-refractivity contribution in [2.75, 3.05) is 0 Å². The first kappa shape index (κ1) is 58.6. The van der Waals surface area contributed by atoms with Crippen molar-refractivity contribution in [2.45, 2.75) is 310 Å². The first-order valence-electron chi connectivity index (χ1n) is 27.6. The molecule has 1 rings (SSSR count). The Kier molecular flexibility index (Phi) is 39.4. The Morgan fingerprint density at radius 2 is 0.556 bits per heavy atom. The summed E-state index contributed by atoms with van der Waals surface area (Å²) in [4.78, 5) is 42.7. The van der Waals surface area contributed by atoms with Gasteiger partial charge in [-0.3, -0.25) is 0 Å². The van der Waals surface area contributed by atoms with Crippen LogP contribution in [0, 0.1) is 0 Å². The summed E-state index contributed by atoms with van der Waals surface area (Å²) in [5.74, 6) is -1.46. The number of esters is 3. The van der Waals surface area contributed by atoms with Crippen molar-refractivity contribution in [3.05, 3.63) is 34.9 Å². The van der Waals surface area contributed by atoms with E-state index in [2.05, 4.69) is 41.5 Å². The van der Waals surface area contributed by atoms with E-state index in [4.69, 9.17) is 14.2 Å². The van der Waals surface area contributed by atoms with Gasteiger partial charge in [-0.25, -0.2) is 14.4 Å². The van der Waals surface area contributed by atoms with E-state index in [1.807, 2.05) is 0 Å². The second kappa shape index (κ2) is 42.3. The molecule has 0 saturated heterocycles. The van der Waals surface area contributed by atoms with Crippen molar-refractivity contribution < 1.29 is 28.6 Å². The third-order valence-corrected chi connectivity index (χ3v) is 13.0. The summed E-state index contributed by atoms with van der Waals surface area (Å²) in [5, 5.41) is 0. The molecule has 0 radical (unpaired) electrons. The van der Waals surface area contributed by atoms with Crippen molar-refractivity contribution >= 4 is 17.9 Å². The van der Waals surface area contributed by atoms with Gasteiger partial charge in [0.25, 0.3) is 0 Å². The normalized spacial score (nSPS) is 12.9. The molecule has 0 spiro atoms. The molecule has 366 valence electrons. The Hall–Kier alpha value is -2.37. The van der Waals surface area contributed by atoms with Gasteiger partial charge >= 0.3 is 17.9 Å². The summed E-state index contributed by atoms with van der Waals surface area (Å²) >= 11 is 0. The van der Waals surface area contributed by atoms with Crippen LogP contribution in [-0.2, 0) is 14.2 Å². The monoisotopic (exact) mass is 883 g/mol. The molecule has 0 aromatic heterocycles. The predicted molar refractivity (Wildman–Crippen MR) is 268 cm³/mol. The molecule has 0 aliphatic heterocycles. The lowest BCUT2D eigenvalue weighted by molar-refractivity contribution is 0.0198. The van der Waals surface area contributed by atoms with Gasteiger partial charge in [0.05, 0.1) is 16.7 Å². The highest BCUT2D eigenvalue weighted by Crippen LogP contribution is 2.25. The van der Waals surface area contributed by atoms with Gasteiger partial charge in [-0.2, -0.15) is 0 Å². The van der Waals surface area contributed by atoms with Gasteiger partial charge in [0.15, 0.2) is 0 Å². The third kappa shape index (κ3) is 31.2. The zero-order valence-corrected chi connectivity index (χ0v) is 42.5. The second-order valence-corrected chi connectivity index (χ2v) is 19.1. The van der Waals surface area contributed by atoms with Gasteiger partial charge < -0.3 is 14.2 Å². The molecular weight excluding hydrogens is 781 g/mol. The number of carbonyl (C=O) groups excluding carboxylic acids is 3. The highest BCUT2D eigenvalue weighted by Gasteiger charge is 2.27. The maximum absolute atomic E-state index is 14.4. The number of rotatable bonds is 45. The maximum atomic E-state index is 14.4. The molecule has 0 heterocycles. The first-order valence-corrected chi connectivity index (χ1v) is 27.6. The van der Waals surface area contributed by atoms with Crippen LogP contribution >= 0.6 is 0 Å². The number of hydrogen-bond acceptors (Lipinski definition) is 6. The number of benzene rings is 1. The molecule has 0 amide bonds.